The third kappa shape index (κ3) is 2.37. The third-order valence-electron chi connectivity index (χ3n) is 3.96. The molecule has 108 valence electrons. The van der Waals surface area contributed by atoms with Crippen LogP contribution in [0.25, 0.3) is 0 Å². The summed E-state index contributed by atoms with van der Waals surface area (Å²) < 4.78 is 11.2. The average molecular weight is 282 g/mol. The van der Waals surface area contributed by atoms with Gasteiger partial charge >= 0.3 is 0 Å². The highest BCUT2D eigenvalue weighted by Crippen LogP contribution is 2.33. The Bertz CT molecular complexity index is 670. The predicted molar refractivity (Wildman–Crippen MR) is 83.4 cm³/mol. The Kier molecular flexibility index (Phi) is 3.07. The molecule has 2 aliphatic rings. The molecule has 2 aromatic carbocycles. The first-order valence-corrected chi connectivity index (χ1v) is 7.38. The van der Waals surface area contributed by atoms with Crippen LogP contribution < -0.4 is 20.1 Å². The van der Waals surface area contributed by atoms with Crippen LogP contribution in [0, 0.1) is 0 Å². The molecule has 2 N–H and O–H groups in total. The number of fused-ring (bicyclic) bond motifs is 2. The van der Waals surface area contributed by atoms with E-state index in [1.807, 2.05) is 18.2 Å². The molecule has 0 amide bonds. The van der Waals surface area contributed by atoms with Crippen LogP contribution in [-0.4, -0.2) is 19.8 Å². The number of benzene rings is 2. The van der Waals surface area contributed by atoms with E-state index in [1.165, 1.54) is 16.8 Å². The molecule has 0 aromatic heterocycles. The van der Waals surface area contributed by atoms with Gasteiger partial charge < -0.3 is 20.1 Å². The maximum absolute atomic E-state index is 5.61. The fourth-order valence-electron chi connectivity index (χ4n) is 2.91. The lowest BCUT2D eigenvalue weighted by Crippen LogP contribution is -2.15. The zero-order valence-corrected chi connectivity index (χ0v) is 11.8. The molecule has 0 bridgehead atoms. The number of anilines is 2. The van der Waals surface area contributed by atoms with E-state index in [1.54, 1.807) is 0 Å². The van der Waals surface area contributed by atoms with Crippen LogP contribution >= 0.6 is 0 Å². The molecule has 0 atom stereocenters. The SMILES string of the molecule is c1cc2c(c(CNc3ccc4c(c3)OCCO4)c1)NCC2. The minimum atomic E-state index is 0.618. The van der Waals surface area contributed by atoms with Crippen molar-refractivity contribution in [3.05, 3.63) is 47.5 Å². The molecule has 21 heavy (non-hydrogen) atoms. The largest absolute Gasteiger partial charge is 0.486 e. The van der Waals surface area contributed by atoms with Gasteiger partial charge in [-0.3, -0.25) is 0 Å². The van der Waals surface area contributed by atoms with E-state index in [0.29, 0.717) is 13.2 Å². The molecule has 0 saturated heterocycles. The first-order valence-electron chi connectivity index (χ1n) is 7.38. The fourth-order valence-corrected chi connectivity index (χ4v) is 2.91. The Morgan fingerprint density at radius 3 is 2.90 bits per heavy atom. The van der Waals surface area contributed by atoms with Crippen LogP contribution in [0.2, 0.25) is 0 Å². The quantitative estimate of drug-likeness (QED) is 0.908. The lowest BCUT2D eigenvalue weighted by Gasteiger charge is -2.19. The Morgan fingerprint density at radius 2 is 1.95 bits per heavy atom. The van der Waals surface area contributed by atoms with E-state index in [0.717, 1.165) is 36.7 Å². The van der Waals surface area contributed by atoms with Crippen LogP contribution in [0.15, 0.2) is 36.4 Å². The number of nitrogens with one attached hydrogen (secondary N) is 2. The minimum Gasteiger partial charge on any atom is -0.486 e. The summed E-state index contributed by atoms with van der Waals surface area (Å²) in [4.78, 5) is 0. The summed E-state index contributed by atoms with van der Waals surface area (Å²) in [7, 11) is 0. The molecule has 4 heteroatoms. The highest BCUT2D eigenvalue weighted by molar-refractivity contribution is 5.62. The molecular formula is C17H18N2O2. The molecule has 0 unspecified atom stereocenters. The van der Waals surface area contributed by atoms with Gasteiger partial charge in [-0.25, -0.2) is 0 Å². The molecule has 0 spiro atoms. The van der Waals surface area contributed by atoms with E-state index in [9.17, 15) is 0 Å². The fraction of sp³-hybridized carbons (Fsp3) is 0.294. The van der Waals surface area contributed by atoms with Crippen LogP contribution in [0.5, 0.6) is 11.5 Å². The maximum atomic E-state index is 5.61. The van der Waals surface area contributed by atoms with Gasteiger partial charge in [0.2, 0.25) is 0 Å². The third-order valence-corrected chi connectivity index (χ3v) is 3.96. The van der Waals surface area contributed by atoms with Gasteiger partial charge in [-0.15, -0.1) is 0 Å². The first-order chi connectivity index (χ1) is 10.4. The zero-order valence-electron chi connectivity index (χ0n) is 11.8. The monoisotopic (exact) mass is 282 g/mol. The molecule has 2 heterocycles. The van der Waals surface area contributed by atoms with Crippen molar-refractivity contribution < 1.29 is 9.47 Å². The van der Waals surface area contributed by atoms with Gasteiger partial charge in [-0.05, 0) is 29.7 Å². The second-order valence-electron chi connectivity index (χ2n) is 5.34. The first kappa shape index (κ1) is 12.4. The van der Waals surface area contributed by atoms with Crippen LogP contribution in [0.4, 0.5) is 11.4 Å². The topological polar surface area (TPSA) is 42.5 Å². The van der Waals surface area contributed by atoms with Crippen molar-refractivity contribution in [3.8, 4) is 11.5 Å². The van der Waals surface area contributed by atoms with Crippen molar-refractivity contribution in [2.45, 2.75) is 13.0 Å². The van der Waals surface area contributed by atoms with Crippen LogP contribution in [0.3, 0.4) is 0 Å². The van der Waals surface area contributed by atoms with E-state index in [2.05, 4.69) is 28.8 Å². The summed E-state index contributed by atoms with van der Waals surface area (Å²) in [6, 6.07) is 12.5. The summed E-state index contributed by atoms with van der Waals surface area (Å²) in [5.74, 6) is 1.65. The smallest absolute Gasteiger partial charge is 0.163 e. The van der Waals surface area contributed by atoms with E-state index >= 15 is 0 Å². The second kappa shape index (κ2) is 5.20. The van der Waals surface area contributed by atoms with E-state index in [-0.39, 0.29) is 0 Å². The molecule has 2 aliphatic heterocycles. The van der Waals surface area contributed by atoms with Gasteiger partial charge in [-0.2, -0.15) is 0 Å². The highest BCUT2D eigenvalue weighted by atomic mass is 16.6. The molecular weight excluding hydrogens is 264 g/mol. The Labute approximate surface area is 124 Å². The number of hydrogen-bond acceptors (Lipinski definition) is 4. The van der Waals surface area contributed by atoms with E-state index in [4.69, 9.17) is 9.47 Å². The minimum absolute atomic E-state index is 0.618. The van der Waals surface area contributed by atoms with Gasteiger partial charge in [0.25, 0.3) is 0 Å². The van der Waals surface area contributed by atoms with Crippen molar-refractivity contribution in [2.75, 3.05) is 30.4 Å². The van der Waals surface area contributed by atoms with Gasteiger partial charge in [0.05, 0.1) is 0 Å². The Hall–Kier alpha value is -2.36. The number of ether oxygens (including phenoxy) is 2. The standard InChI is InChI=1S/C17H18N2O2/c1-2-12-6-7-18-17(12)13(3-1)11-19-14-4-5-15-16(10-14)21-9-8-20-15/h1-5,10,18-19H,6-9,11H2. The van der Waals surface area contributed by atoms with Crippen molar-refractivity contribution in [2.24, 2.45) is 0 Å². The van der Waals surface area contributed by atoms with Crippen LogP contribution in [-0.2, 0) is 13.0 Å². The number of para-hydroxylation sites is 1. The summed E-state index contributed by atoms with van der Waals surface area (Å²) >= 11 is 0. The molecule has 0 aliphatic carbocycles. The summed E-state index contributed by atoms with van der Waals surface area (Å²) in [6.45, 7) is 3.08. The van der Waals surface area contributed by atoms with Gasteiger partial charge in [0.15, 0.2) is 11.5 Å². The molecule has 4 rings (SSSR count). The van der Waals surface area contributed by atoms with E-state index < -0.39 is 0 Å². The number of hydrogen-bond donors (Lipinski definition) is 2. The van der Waals surface area contributed by atoms with Gasteiger partial charge in [0, 0.05) is 30.5 Å². The van der Waals surface area contributed by atoms with Crippen molar-refractivity contribution in [1.82, 2.24) is 0 Å². The molecule has 0 radical (unpaired) electrons. The Morgan fingerprint density at radius 1 is 1.05 bits per heavy atom. The zero-order chi connectivity index (χ0) is 14.1. The molecule has 4 nitrogen and oxygen atoms in total. The van der Waals surface area contributed by atoms with Crippen molar-refractivity contribution in [1.29, 1.82) is 0 Å². The van der Waals surface area contributed by atoms with Gasteiger partial charge in [0.1, 0.15) is 13.2 Å². The molecule has 0 saturated carbocycles. The highest BCUT2D eigenvalue weighted by Gasteiger charge is 2.14. The summed E-state index contributed by atoms with van der Waals surface area (Å²) in [5.41, 5.74) is 5.06. The molecule has 0 fully saturated rings. The van der Waals surface area contributed by atoms with Crippen molar-refractivity contribution in [3.63, 3.8) is 0 Å². The second-order valence-corrected chi connectivity index (χ2v) is 5.34. The normalized spacial score (nSPS) is 15.2. The van der Waals surface area contributed by atoms with Crippen LogP contribution in [0.1, 0.15) is 11.1 Å². The lowest BCUT2D eigenvalue weighted by atomic mass is 10.1. The maximum Gasteiger partial charge on any atom is 0.163 e. The van der Waals surface area contributed by atoms with Crippen molar-refractivity contribution >= 4 is 11.4 Å². The summed E-state index contributed by atoms with van der Waals surface area (Å²) in [5, 5.41) is 6.94. The summed E-state index contributed by atoms with van der Waals surface area (Å²) in [6.07, 6.45) is 1.12. The molecule has 2 aromatic rings. The van der Waals surface area contributed by atoms with Gasteiger partial charge in [-0.1, -0.05) is 18.2 Å². The lowest BCUT2D eigenvalue weighted by molar-refractivity contribution is 0.171. The number of rotatable bonds is 3. The predicted octanol–water partition coefficient (Wildman–Crippen LogP) is 3.04. The average Bonchev–Trinajstić information content (AvgIpc) is 3.02. The Balaban J connectivity index is 1.51.